The summed E-state index contributed by atoms with van der Waals surface area (Å²) in [6, 6.07) is 12.5. The molecule has 0 fully saturated rings. The van der Waals surface area contributed by atoms with E-state index in [0.717, 1.165) is 20.9 Å². The van der Waals surface area contributed by atoms with Crippen molar-refractivity contribution >= 4 is 29.1 Å². The number of carbonyl (C=O) groups is 3. The van der Waals surface area contributed by atoms with Crippen molar-refractivity contribution in [1.82, 2.24) is 15.2 Å². The van der Waals surface area contributed by atoms with Crippen LogP contribution in [-0.4, -0.2) is 34.2 Å². The Balaban J connectivity index is 1.39. The molecule has 3 amide bonds. The normalized spacial score (nSPS) is 13.0. The minimum absolute atomic E-state index is 0.272. The Morgan fingerprint density at radius 1 is 1.04 bits per heavy atom. The van der Waals surface area contributed by atoms with Gasteiger partial charge < -0.3 is 5.32 Å². The van der Waals surface area contributed by atoms with Gasteiger partial charge in [0.05, 0.1) is 11.1 Å². The third-order valence-electron chi connectivity index (χ3n) is 4.27. The number of hydrogen-bond donors (Lipinski definition) is 1. The fourth-order valence-electron chi connectivity index (χ4n) is 2.94. The van der Waals surface area contributed by atoms with Gasteiger partial charge in [-0.15, -0.1) is 11.3 Å². The Labute approximate surface area is 159 Å². The third-order valence-corrected chi connectivity index (χ3v) is 5.19. The lowest BCUT2D eigenvalue weighted by Crippen LogP contribution is -2.40. The van der Waals surface area contributed by atoms with Crippen molar-refractivity contribution in [1.29, 1.82) is 0 Å². The Morgan fingerprint density at radius 2 is 1.78 bits per heavy atom. The van der Waals surface area contributed by atoms with Gasteiger partial charge in [0, 0.05) is 29.4 Å². The van der Waals surface area contributed by atoms with Crippen molar-refractivity contribution < 1.29 is 14.4 Å². The Kier molecular flexibility index (Phi) is 4.52. The zero-order valence-electron chi connectivity index (χ0n) is 14.2. The van der Waals surface area contributed by atoms with Crippen LogP contribution >= 0.6 is 11.3 Å². The number of thiophene rings is 1. The molecule has 134 valence electrons. The van der Waals surface area contributed by atoms with Crippen LogP contribution in [0.2, 0.25) is 0 Å². The molecule has 1 N–H and O–H groups in total. The predicted octanol–water partition coefficient (Wildman–Crippen LogP) is 2.72. The van der Waals surface area contributed by atoms with E-state index in [1.165, 1.54) is 0 Å². The molecule has 0 spiro atoms. The molecule has 4 rings (SSSR count). The molecule has 0 atom stereocenters. The monoisotopic (exact) mass is 377 g/mol. The number of amides is 3. The van der Waals surface area contributed by atoms with Crippen LogP contribution in [0.15, 0.2) is 60.2 Å². The van der Waals surface area contributed by atoms with E-state index in [1.807, 2.05) is 23.6 Å². The molecule has 27 heavy (non-hydrogen) atoms. The van der Waals surface area contributed by atoms with Gasteiger partial charge in [-0.1, -0.05) is 18.2 Å². The van der Waals surface area contributed by atoms with Gasteiger partial charge in [-0.05, 0) is 35.2 Å². The molecular formula is C20H15N3O3S. The summed E-state index contributed by atoms with van der Waals surface area (Å²) < 4.78 is 0. The summed E-state index contributed by atoms with van der Waals surface area (Å²) in [5.74, 6) is -1.27. The maximum absolute atomic E-state index is 12.3. The number of fused-ring (bicyclic) bond motifs is 1. The van der Waals surface area contributed by atoms with Crippen molar-refractivity contribution in [2.75, 3.05) is 6.54 Å². The van der Waals surface area contributed by atoms with Crippen LogP contribution in [0.4, 0.5) is 0 Å². The highest BCUT2D eigenvalue weighted by Crippen LogP contribution is 2.24. The topological polar surface area (TPSA) is 79.4 Å². The number of nitrogens with one attached hydrogen (secondary N) is 1. The molecule has 1 aromatic carbocycles. The zero-order valence-corrected chi connectivity index (χ0v) is 15.0. The van der Waals surface area contributed by atoms with Crippen molar-refractivity contribution in [2.24, 2.45) is 0 Å². The maximum atomic E-state index is 12.3. The number of imide groups is 1. The number of rotatable bonds is 5. The van der Waals surface area contributed by atoms with Crippen molar-refractivity contribution in [2.45, 2.75) is 6.54 Å². The average Bonchev–Trinajstić information content (AvgIpc) is 3.31. The smallest absolute Gasteiger partial charge is 0.262 e. The van der Waals surface area contributed by atoms with E-state index in [1.54, 1.807) is 48.0 Å². The lowest BCUT2D eigenvalue weighted by molar-refractivity contribution is -0.121. The van der Waals surface area contributed by atoms with Crippen LogP contribution in [0, 0.1) is 0 Å². The fraction of sp³-hybridized carbons (Fsp3) is 0.100. The molecule has 2 aromatic heterocycles. The van der Waals surface area contributed by atoms with Gasteiger partial charge in [0.25, 0.3) is 11.8 Å². The van der Waals surface area contributed by atoms with Crippen LogP contribution in [0.1, 0.15) is 26.3 Å². The number of nitrogens with zero attached hydrogens (tertiary/aromatic N) is 2. The molecule has 7 heteroatoms. The highest BCUT2D eigenvalue weighted by atomic mass is 32.1. The second kappa shape index (κ2) is 7.13. The molecule has 0 saturated heterocycles. The zero-order chi connectivity index (χ0) is 18.8. The molecule has 0 radical (unpaired) electrons. The second-order valence-electron chi connectivity index (χ2n) is 6.08. The van der Waals surface area contributed by atoms with Gasteiger partial charge in [-0.25, -0.2) is 0 Å². The van der Waals surface area contributed by atoms with Gasteiger partial charge in [0.2, 0.25) is 5.91 Å². The lowest BCUT2D eigenvalue weighted by atomic mass is 10.1. The quantitative estimate of drug-likeness (QED) is 0.694. The van der Waals surface area contributed by atoms with Crippen molar-refractivity contribution in [3.63, 3.8) is 0 Å². The van der Waals surface area contributed by atoms with Gasteiger partial charge in [-0.2, -0.15) is 0 Å². The van der Waals surface area contributed by atoms with Crippen LogP contribution in [0.3, 0.4) is 0 Å². The Bertz CT molecular complexity index is 995. The number of pyridine rings is 1. The van der Waals surface area contributed by atoms with Crippen LogP contribution in [-0.2, 0) is 11.3 Å². The number of carbonyl (C=O) groups excluding carboxylic acids is 3. The van der Waals surface area contributed by atoms with Crippen molar-refractivity contribution in [3.8, 4) is 10.4 Å². The van der Waals surface area contributed by atoms with E-state index < -0.39 is 17.7 Å². The predicted molar refractivity (Wildman–Crippen MR) is 101 cm³/mol. The molecule has 0 aliphatic carbocycles. The summed E-state index contributed by atoms with van der Waals surface area (Å²) in [4.78, 5) is 43.2. The highest BCUT2D eigenvalue weighted by Gasteiger charge is 2.36. The fourth-order valence-corrected chi connectivity index (χ4v) is 3.65. The molecule has 3 heterocycles. The average molecular weight is 377 g/mol. The van der Waals surface area contributed by atoms with Gasteiger partial charge in [-0.3, -0.25) is 24.3 Å². The molecule has 0 saturated carbocycles. The van der Waals surface area contributed by atoms with Crippen LogP contribution < -0.4 is 5.32 Å². The molecule has 1 aliphatic rings. The Morgan fingerprint density at radius 3 is 2.44 bits per heavy atom. The van der Waals surface area contributed by atoms with Crippen LogP contribution in [0.5, 0.6) is 0 Å². The minimum atomic E-state index is -0.438. The van der Waals surface area contributed by atoms with E-state index in [9.17, 15) is 14.4 Å². The summed E-state index contributed by atoms with van der Waals surface area (Å²) in [7, 11) is 0. The van der Waals surface area contributed by atoms with E-state index in [4.69, 9.17) is 0 Å². The summed E-state index contributed by atoms with van der Waals surface area (Å²) in [5, 5.41) is 4.74. The largest absolute Gasteiger partial charge is 0.350 e. The highest BCUT2D eigenvalue weighted by molar-refractivity contribution is 7.13. The van der Waals surface area contributed by atoms with Crippen molar-refractivity contribution in [3.05, 3.63) is 76.9 Å². The summed E-state index contributed by atoms with van der Waals surface area (Å²) in [6.07, 6.45) is 3.45. The number of hydrogen-bond acceptors (Lipinski definition) is 5. The van der Waals surface area contributed by atoms with Gasteiger partial charge in [0.15, 0.2) is 0 Å². The standard InChI is InChI=1S/C20H15N3O3S/c24-18(12-23-19(25)15-4-1-2-5-16(15)20(23)26)22-10-13-8-14(11-21-9-13)17-6-3-7-27-17/h1-9,11H,10,12H2,(H,22,24). The summed E-state index contributed by atoms with van der Waals surface area (Å²) in [6.45, 7) is -0.0292. The summed E-state index contributed by atoms with van der Waals surface area (Å²) >= 11 is 1.62. The minimum Gasteiger partial charge on any atom is -0.350 e. The molecule has 0 bridgehead atoms. The summed E-state index contributed by atoms with van der Waals surface area (Å²) in [5.41, 5.74) is 2.50. The number of aromatic nitrogens is 1. The van der Waals surface area contributed by atoms with Gasteiger partial charge in [0.1, 0.15) is 6.54 Å². The second-order valence-corrected chi connectivity index (χ2v) is 7.03. The van der Waals surface area contributed by atoms with E-state index in [0.29, 0.717) is 11.1 Å². The first-order chi connectivity index (χ1) is 13.1. The lowest BCUT2D eigenvalue weighted by Gasteiger charge is -2.13. The van der Waals surface area contributed by atoms with E-state index >= 15 is 0 Å². The molecular weight excluding hydrogens is 362 g/mol. The van der Waals surface area contributed by atoms with E-state index in [-0.39, 0.29) is 13.1 Å². The molecule has 1 aliphatic heterocycles. The molecule has 6 nitrogen and oxygen atoms in total. The molecule has 3 aromatic rings. The third kappa shape index (κ3) is 3.37. The first-order valence-corrected chi connectivity index (χ1v) is 9.21. The number of benzene rings is 1. The Hall–Kier alpha value is -3.32. The first-order valence-electron chi connectivity index (χ1n) is 8.33. The first kappa shape index (κ1) is 17.1. The maximum Gasteiger partial charge on any atom is 0.262 e. The van der Waals surface area contributed by atoms with Gasteiger partial charge >= 0.3 is 0 Å². The van der Waals surface area contributed by atoms with E-state index in [2.05, 4.69) is 10.3 Å². The SMILES string of the molecule is O=C(CN1C(=O)c2ccccc2C1=O)NCc1cncc(-c2cccs2)c1. The molecule has 0 unspecified atom stereocenters. The van der Waals surface area contributed by atoms with Crippen LogP contribution in [0.25, 0.3) is 10.4 Å².